The Labute approximate surface area is 181 Å². The zero-order valence-electron chi connectivity index (χ0n) is 16.0. The molecule has 1 fully saturated rings. The second kappa shape index (κ2) is 7.92. The zero-order chi connectivity index (χ0) is 20.5. The largest absolute Gasteiger partial charge is 0.378 e. The second-order valence-electron chi connectivity index (χ2n) is 6.90. The number of pyridine rings is 1. The van der Waals surface area contributed by atoms with Gasteiger partial charge in [-0.3, -0.25) is 0 Å². The Hall–Kier alpha value is -3.17. The lowest BCUT2D eigenvalue weighted by molar-refractivity contribution is 0.122. The fourth-order valence-electron chi connectivity index (χ4n) is 3.44. The molecule has 3 aromatic heterocycles. The molecule has 0 aliphatic carbocycles. The topological polar surface area (TPSA) is 103 Å². The fourth-order valence-corrected chi connectivity index (χ4v) is 3.84. The van der Waals surface area contributed by atoms with Gasteiger partial charge in [-0.2, -0.15) is 4.98 Å². The molecule has 2 N–H and O–H groups in total. The van der Waals surface area contributed by atoms with Crippen LogP contribution in [0.3, 0.4) is 0 Å². The maximum absolute atomic E-state index is 5.82. The van der Waals surface area contributed by atoms with Crippen molar-refractivity contribution in [2.45, 2.75) is 0 Å². The number of nitrogens with zero attached hydrogens (tertiary/aromatic N) is 6. The second-order valence-corrected chi connectivity index (χ2v) is 7.82. The van der Waals surface area contributed by atoms with Crippen molar-refractivity contribution in [1.29, 1.82) is 0 Å². The normalized spacial score (nSPS) is 14.2. The number of aromatic nitrogens is 5. The molecule has 4 heterocycles. The van der Waals surface area contributed by atoms with E-state index in [-0.39, 0.29) is 5.95 Å². The Bertz CT molecular complexity index is 1210. The third kappa shape index (κ3) is 3.69. The number of hydrogen-bond acceptors (Lipinski definition) is 8. The average molecular weight is 464 g/mol. The van der Waals surface area contributed by atoms with E-state index in [1.165, 1.54) is 0 Å². The minimum atomic E-state index is 0.186. The van der Waals surface area contributed by atoms with Gasteiger partial charge in [-0.05, 0) is 29.3 Å². The fraction of sp³-hybridized carbons (Fsp3) is 0.190. The first kappa shape index (κ1) is 18.8. The molecule has 0 bridgehead atoms. The van der Waals surface area contributed by atoms with Crippen LogP contribution in [0.15, 0.2) is 53.4 Å². The first-order chi connectivity index (χ1) is 14.7. The standard InChI is InChI=1S/C21H18BrN7O/c22-15-3-1-2-13(8-15)16-9-18(27-19-17(16)12-24-20(23)28-19)14-10-25-21(26-11-14)29-4-6-30-7-5-29/h1-3,8-12H,4-7H2,(H2,23,24,27,28). The molecule has 0 radical (unpaired) electrons. The van der Waals surface area contributed by atoms with Crippen LogP contribution in [0.5, 0.6) is 0 Å². The number of fused-ring (bicyclic) bond motifs is 1. The van der Waals surface area contributed by atoms with Gasteiger partial charge in [0.25, 0.3) is 0 Å². The third-order valence-electron chi connectivity index (χ3n) is 4.95. The quantitative estimate of drug-likeness (QED) is 0.493. The molecule has 150 valence electrons. The molecule has 9 heteroatoms. The number of morpholine rings is 1. The smallest absolute Gasteiger partial charge is 0.225 e. The van der Waals surface area contributed by atoms with Crippen LogP contribution in [0.4, 0.5) is 11.9 Å². The first-order valence-corrected chi connectivity index (χ1v) is 10.3. The van der Waals surface area contributed by atoms with E-state index < -0.39 is 0 Å². The van der Waals surface area contributed by atoms with Crippen LogP contribution in [-0.2, 0) is 4.74 Å². The number of rotatable bonds is 3. The van der Waals surface area contributed by atoms with E-state index in [4.69, 9.17) is 15.5 Å². The Kier molecular flexibility index (Phi) is 4.97. The molecule has 0 saturated carbocycles. The van der Waals surface area contributed by atoms with E-state index in [0.717, 1.165) is 45.3 Å². The summed E-state index contributed by atoms with van der Waals surface area (Å²) in [5, 5.41) is 0.830. The van der Waals surface area contributed by atoms with Crippen molar-refractivity contribution in [2.75, 3.05) is 36.9 Å². The van der Waals surface area contributed by atoms with Crippen molar-refractivity contribution < 1.29 is 4.74 Å². The number of benzene rings is 1. The van der Waals surface area contributed by atoms with Crippen LogP contribution >= 0.6 is 15.9 Å². The number of nitrogens with two attached hydrogens (primary N) is 1. The molecule has 30 heavy (non-hydrogen) atoms. The monoisotopic (exact) mass is 463 g/mol. The summed E-state index contributed by atoms with van der Waals surface area (Å²) < 4.78 is 6.38. The Morgan fingerprint density at radius 3 is 2.50 bits per heavy atom. The molecule has 1 aliphatic heterocycles. The van der Waals surface area contributed by atoms with Crippen LogP contribution in [0.25, 0.3) is 33.4 Å². The van der Waals surface area contributed by atoms with Crippen molar-refractivity contribution >= 4 is 38.9 Å². The summed E-state index contributed by atoms with van der Waals surface area (Å²) in [7, 11) is 0. The lowest BCUT2D eigenvalue weighted by Gasteiger charge is -2.26. The number of halogens is 1. The minimum absolute atomic E-state index is 0.186. The molecule has 0 amide bonds. The third-order valence-corrected chi connectivity index (χ3v) is 5.44. The highest BCUT2D eigenvalue weighted by Gasteiger charge is 2.15. The Balaban J connectivity index is 1.60. The van der Waals surface area contributed by atoms with E-state index in [9.17, 15) is 0 Å². The highest BCUT2D eigenvalue weighted by molar-refractivity contribution is 9.10. The molecule has 4 aromatic rings. The summed E-state index contributed by atoms with van der Waals surface area (Å²) in [5.74, 6) is 0.882. The molecule has 5 rings (SSSR count). The van der Waals surface area contributed by atoms with E-state index in [1.807, 2.05) is 30.3 Å². The van der Waals surface area contributed by atoms with Gasteiger partial charge in [0.15, 0.2) is 5.65 Å². The van der Waals surface area contributed by atoms with Crippen LogP contribution < -0.4 is 10.6 Å². The van der Waals surface area contributed by atoms with E-state index in [1.54, 1.807) is 18.6 Å². The maximum Gasteiger partial charge on any atom is 0.225 e. The molecule has 0 spiro atoms. The van der Waals surface area contributed by atoms with Gasteiger partial charge in [-0.25, -0.2) is 19.9 Å². The van der Waals surface area contributed by atoms with Gasteiger partial charge in [-0.15, -0.1) is 0 Å². The summed E-state index contributed by atoms with van der Waals surface area (Å²) in [4.78, 5) is 24.4. The van der Waals surface area contributed by atoms with Crippen molar-refractivity contribution in [2.24, 2.45) is 0 Å². The Morgan fingerprint density at radius 2 is 1.73 bits per heavy atom. The number of ether oxygens (including phenoxy) is 1. The van der Waals surface area contributed by atoms with Crippen molar-refractivity contribution in [3.63, 3.8) is 0 Å². The van der Waals surface area contributed by atoms with Crippen molar-refractivity contribution in [3.05, 3.63) is 53.4 Å². The van der Waals surface area contributed by atoms with Crippen molar-refractivity contribution in [1.82, 2.24) is 24.9 Å². The molecule has 8 nitrogen and oxygen atoms in total. The molecule has 1 aromatic carbocycles. The van der Waals surface area contributed by atoms with Gasteiger partial charge in [0.1, 0.15) is 0 Å². The van der Waals surface area contributed by atoms with Gasteiger partial charge in [0.2, 0.25) is 11.9 Å². The average Bonchev–Trinajstić information content (AvgIpc) is 2.79. The summed E-state index contributed by atoms with van der Waals surface area (Å²) in [6.07, 6.45) is 5.30. The maximum atomic E-state index is 5.82. The molecule has 1 saturated heterocycles. The van der Waals surface area contributed by atoms with Crippen LogP contribution in [0.1, 0.15) is 0 Å². The number of hydrogen-bond donors (Lipinski definition) is 1. The predicted molar refractivity (Wildman–Crippen MR) is 119 cm³/mol. The summed E-state index contributed by atoms with van der Waals surface area (Å²) in [5.41, 5.74) is 9.88. The van der Waals surface area contributed by atoms with Gasteiger partial charge in [-0.1, -0.05) is 28.1 Å². The summed E-state index contributed by atoms with van der Waals surface area (Å²) >= 11 is 3.54. The first-order valence-electron chi connectivity index (χ1n) is 9.52. The highest BCUT2D eigenvalue weighted by Crippen LogP contribution is 2.32. The summed E-state index contributed by atoms with van der Waals surface area (Å²) in [6.45, 7) is 2.95. The van der Waals surface area contributed by atoms with Gasteiger partial charge < -0.3 is 15.4 Å². The van der Waals surface area contributed by atoms with Crippen LogP contribution in [0.2, 0.25) is 0 Å². The van der Waals surface area contributed by atoms with Crippen LogP contribution in [-0.4, -0.2) is 51.2 Å². The van der Waals surface area contributed by atoms with Crippen molar-refractivity contribution in [3.8, 4) is 22.4 Å². The zero-order valence-corrected chi connectivity index (χ0v) is 17.6. The lowest BCUT2D eigenvalue weighted by atomic mass is 10.0. The molecule has 1 aliphatic rings. The van der Waals surface area contributed by atoms with E-state index in [0.29, 0.717) is 24.8 Å². The van der Waals surface area contributed by atoms with E-state index >= 15 is 0 Å². The Morgan fingerprint density at radius 1 is 0.933 bits per heavy atom. The van der Waals surface area contributed by atoms with E-state index in [2.05, 4.69) is 40.8 Å². The molecular weight excluding hydrogens is 446 g/mol. The number of nitrogen functional groups attached to an aromatic ring is 1. The molecular formula is C21H18BrN7O. The molecule has 0 atom stereocenters. The minimum Gasteiger partial charge on any atom is -0.378 e. The number of anilines is 2. The lowest BCUT2D eigenvalue weighted by Crippen LogP contribution is -2.37. The van der Waals surface area contributed by atoms with Crippen LogP contribution in [0, 0.1) is 0 Å². The predicted octanol–water partition coefficient (Wildman–Crippen LogP) is 3.33. The SMILES string of the molecule is Nc1ncc2c(-c3cccc(Br)c3)cc(-c3cnc(N4CCOCC4)nc3)nc2n1. The summed E-state index contributed by atoms with van der Waals surface area (Å²) in [6, 6.07) is 10.1. The van der Waals surface area contributed by atoms with Gasteiger partial charge in [0.05, 0.1) is 18.9 Å². The van der Waals surface area contributed by atoms with Gasteiger partial charge in [0, 0.05) is 47.1 Å². The molecule has 0 unspecified atom stereocenters. The highest BCUT2D eigenvalue weighted by atomic mass is 79.9. The van der Waals surface area contributed by atoms with Gasteiger partial charge >= 0.3 is 0 Å².